The Kier molecular flexibility index (Phi) is 4.90. The lowest BCUT2D eigenvalue weighted by atomic mass is 10.3. The summed E-state index contributed by atoms with van der Waals surface area (Å²) in [7, 11) is 0. The van der Waals surface area contributed by atoms with Gasteiger partial charge >= 0.3 is 0 Å². The number of fused-ring (bicyclic) bond motifs is 1. The van der Waals surface area contributed by atoms with Crippen molar-refractivity contribution in [1.29, 1.82) is 0 Å². The van der Waals surface area contributed by atoms with Crippen molar-refractivity contribution in [1.82, 2.24) is 24.3 Å². The van der Waals surface area contributed by atoms with Gasteiger partial charge in [0.1, 0.15) is 17.0 Å². The van der Waals surface area contributed by atoms with Gasteiger partial charge in [0.2, 0.25) is 5.91 Å². The van der Waals surface area contributed by atoms with E-state index in [0.29, 0.717) is 22.7 Å². The Labute approximate surface area is 166 Å². The molecule has 1 N–H and O–H groups in total. The average molecular weight is 388 g/mol. The highest BCUT2D eigenvalue weighted by atomic mass is 16.2. The zero-order valence-electron chi connectivity index (χ0n) is 16.2. The van der Waals surface area contributed by atoms with Crippen LogP contribution in [0.1, 0.15) is 17.8 Å². The highest BCUT2D eigenvalue weighted by molar-refractivity contribution is 5.90. The number of para-hydroxylation sites is 1. The monoisotopic (exact) mass is 388 g/mol. The van der Waals surface area contributed by atoms with Crippen LogP contribution in [0.3, 0.4) is 0 Å². The summed E-state index contributed by atoms with van der Waals surface area (Å²) in [5.41, 5.74) is 2.00. The van der Waals surface area contributed by atoms with E-state index in [-0.39, 0.29) is 24.4 Å². The molecule has 0 aliphatic carbocycles. The molecule has 4 rings (SSSR count). The summed E-state index contributed by atoms with van der Waals surface area (Å²) in [6, 6.07) is 13.2. The van der Waals surface area contributed by atoms with E-state index in [9.17, 15) is 9.59 Å². The van der Waals surface area contributed by atoms with Gasteiger partial charge < -0.3 is 5.32 Å². The largest absolute Gasteiger partial charge is 0.310 e. The highest BCUT2D eigenvalue weighted by Gasteiger charge is 2.15. The number of hydrogen-bond donors (Lipinski definition) is 1. The van der Waals surface area contributed by atoms with Crippen LogP contribution in [0.15, 0.2) is 59.7 Å². The molecule has 0 fully saturated rings. The van der Waals surface area contributed by atoms with Gasteiger partial charge in [0, 0.05) is 19.2 Å². The Morgan fingerprint density at radius 2 is 1.90 bits per heavy atom. The van der Waals surface area contributed by atoms with E-state index >= 15 is 0 Å². The van der Waals surface area contributed by atoms with Crippen molar-refractivity contribution >= 4 is 22.8 Å². The molecule has 3 aromatic heterocycles. The zero-order valence-corrected chi connectivity index (χ0v) is 16.2. The molecule has 4 aromatic rings. The molecular formula is C21H20N6O2. The number of anilines is 1. The first kappa shape index (κ1) is 18.5. The fourth-order valence-corrected chi connectivity index (χ4v) is 3.15. The van der Waals surface area contributed by atoms with E-state index in [1.54, 1.807) is 17.8 Å². The van der Waals surface area contributed by atoms with Crippen molar-refractivity contribution in [3.05, 3.63) is 76.6 Å². The second-order valence-electron chi connectivity index (χ2n) is 6.71. The number of hydrogen-bond acceptors (Lipinski definition) is 5. The Bertz CT molecular complexity index is 1240. The molecule has 0 radical (unpaired) electrons. The van der Waals surface area contributed by atoms with Crippen LogP contribution < -0.4 is 10.9 Å². The van der Waals surface area contributed by atoms with Crippen LogP contribution >= 0.6 is 0 Å². The lowest BCUT2D eigenvalue weighted by molar-refractivity contribution is -0.116. The third-order valence-corrected chi connectivity index (χ3v) is 4.71. The second kappa shape index (κ2) is 7.67. The van der Waals surface area contributed by atoms with Gasteiger partial charge in [-0.2, -0.15) is 5.10 Å². The molecular weight excluding hydrogens is 368 g/mol. The van der Waals surface area contributed by atoms with Crippen molar-refractivity contribution in [2.45, 2.75) is 26.8 Å². The van der Waals surface area contributed by atoms with Crippen LogP contribution in [-0.4, -0.2) is 30.2 Å². The summed E-state index contributed by atoms with van der Waals surface area (Å²) in [5, 5.41) is 7.52. The summed E-state index contributed by atoms with van der Waals surface area (Å²) >= 11 is 0. The van der Waals surface area contributed by atoms with Gasteiger partial charge in [-0.1, -0.05) is 24.3 Å². The SMILES string of the molecule is Cc1cccnc1NC(=O)CCn1c(C)nc2c(cnn2-c2ccccc2)c1=O. The minimum atomic E-state index is -0.212. The number of carbonyl (C=O) groups is 1. The summed E-state index contributed by atoms with van der Waals surface area (Å²) in [6.07, 6.45) is 3.28. The smallest absolute Gasteiger partial charge is 0.264 e. The van der Waals surface area contributed by atoms with E-state index in [1.807, 2.05) is 49.4 Å². The molecule has 29 heavy (non-hydrogen) atoms. The fraction of sp³-hybridized carbons (Fsp3) is 0.190. The molecule has 1 amide bonds. The average Bonchev–Trinajstić information content (AvgIpc) is 3.14. The van der Waals surface area contributed by atoms with Crippen molar-refractivity contribution < 1.29 is 4.79 Å². The molecule has 146 valence electrons. The van der Waals surface area contributed by atoms with E-state index in [4.69, 9.17) is 0 Å². The molecule has 0 saturated heterocycles. The van der Waals surface area contributed by atoms with Crippen molar-refractivity contribution in [2.24, 2.45) is 0 Å². The van der Waals surface area contributed by atoms with Crippen LogP contribution in [0.4, 0.5) is 5.82 Å². The molecule has 1 aromatic carbocycles. The third-order valence-electron chi connectivity index (χ3n) is 4.71. The predicted molar refractivity (Wildman–Crippen MR) is 110 cm³/mol. The number of rotatable bonds is 5. The topological polar surface area (TPSA) is 94.7 Å². The quantitative estimate of drug-likeness (QED) is 0.567. The number of aromatic nitrogens is 5. The van der Waals surface area contributed by atoms with E-state index in [2.05, 4.69) is 20.4 Å². The fourth-order valence-electron chi connectivity index (χ4n) is 3.15. The first-order chi connectivity index (χ1) is 14.0. The van der Waals surface area contributed by atoms with Gasteiger partial charge in [0.05, 0.1) is 11.9 Å². The van der Waals surface area contributed by atoms with Gasteiger partial charge in [-0.15, -0.1) is 0 Å². The maximum absolute atomic E-state index is 12.9. The van der Waals surface area contributed by atoms with Crippen LogP contribution in [0.25, 0.3) is 16.7 Å². The maximum Gasteiger partial charge on any atom is 0.264 e. The number of amides is 1. The van der Waals surface area contributed by atoms with Crippen molar-refractivity contribution in [2.75, 3.05) is 5.32 Å². The number of benzene rings is 1. The highest BCUT2D eigenvalue weighted by Crippen LogP contribution is 2.14. The summed E-state index contributed by atoms with van der Waals surface area (Å²) in [5.74, 6) is 0.847. The zero-order chi connectivity index (χ0) is 20.4. The maximum atomic E-state index is 12.9. The molecule has 8 nitrogen and oxygen atoms in total. The number of carbonyl (C=O) groups excluding carboxylic acids is 1. The molecule has 0 aliphatic heterocycles. The van der Waals surface area contributed by atoms with Crippen LogP contribution in [0.5, 0.6) is 0 Å². The van der Waals surface area contributed by atoms with Crippen LogP contribution in [0.2, 0.25) is 0 Å². The number of aryl methyl sites for hydroxylation is 2. The summed E-state index contributed by atoms with van der Waals surface area (Å²) in [4.78, 5) is 34.0. The minimum absolute atomic E-state index is 0.136. The van der Waals surface area contributed by atoms with Gasteiger partial charge in [0.25, 0.3) is 5.56 Å². The Hall–Kier alpha value is -3.81. The van der Waals surface area contributed by atoms with E-state index in [0.717, 1.165) is 11.3 Å². The molecule has 3 heterocycles. The lowest BCUT2D eigenvalue weighted by Gasteiger charge is -2.11. The molecule has 0 atom stereocenters. The lowest BCUT2D eigenvalue weighted by Crippen LogP contribution is -2.26. The Morgan fingerprint density at radius 1 is 1.10 bits per heavy atom. The second-order valence-corrected chi connectivity index (χ2v) is 6.71. The van der Waals surface area contributed by atoms with Gasteiger partial charge in [-0.25, -0.2) is 14.6 Å². The normalized spacial score (nSPS) is 11.0. The summed E-state index contributed by atoms with van der Waals surface area (Å²) in [6.45, 7) is 3.85. The predicted octanol–water partition coefficient (Wildman–Crippen LogP) is 2.62. The number of nitrogens with one attached hydrogen (secondary N) is 1. The summed E-state index contributed by atoms with van der Waals surface area (Å²) < 4.78 is 3.15. The Balaban J connectivity index is 1.58. The molecule has 0 aliphatic rings. The van der Waals surface area contributed by atoms with Gasteiger partial charge in [-0.3, -0.25) is 14.2 Å². The molecule has 0 spiro atoms. The van der Waals surface area contributed by atoms with Gasteiger partial charge in [-0.05, 0) is 37.6 Å². The molecule has 0 bridgehead atoms. The van der Waals surface area contributed by atoms with Crippen LogP contribution in [0, 0.1) is 13.8 Å². The standard InChI is InChI=1S/C21H20N6O2/c1-14-7-6-11-22-19(14)25-18(28)10-12-26-15(2)24-20-17(21(26)29)13-23-27(20)16-8-4-3-5-9-16/h3-9,11,13H,10,12H2,1-2H3,(H,22,25,28). The number of nitrogens with zero attached hydrogens (tertiary/aromatic N) is 5. The molecule has 0 saturated carbocycles. The van der Waals surface area contributed by atoms with Crippen molar-refractivity contribution in [3.8, 4) is 5.69 Å². The van der Waals surface area contributed by atoms with E-state index < -0.39 is 0 Å². The number of pyridine rings is 1. The van der Waals surface area contributed by atoms with Crippen LogP contribution in [-0.2, 0) is 11.3 Å². The Morgan fingerprint density at radius 3 is 2.66 bits per heavy atom. The first-order valence-corrected chi connectivity index (χ1v) is 9.26. The van der Waals surface area contributed by atoms with Gasteiger partial charge in [0.15, 0.2) is 5.65 Å². The minimum Gasteiger partial charge on any atom is -0.310 e. The third kappa shape index (κ3) is 3.64. The molecule has 8 heteroatoms. The van der Waals surface area contributed by atoms with E-state index in [1.165, 1.54) is 10.8 Å². The molecule has 0 unspecified atom stereocenters. The first-order valence-electron chi connectivity index (χ1n) is 9.26. The van der Waals surface area contributed by atoms with Crippen molar-refractivity contribution in [3.63, 3.8) is 0 Å².